The van der Waals surface area contributed by atoms with Gasteiger partial charge in [0.1, 0.15) is 5.75 Å². The number of hydrogen-bond acceptors (Lipinski definition) is 3. The maximum atomic E-state index is 12.1. The first kappa shape index (κ1) is 18.8. The third-order valence-electron chi connectivity index (χ3n) is 3.27. The van der Waals surface area contributed by atoms with Crippen molar-refractivity contribution < 1.29 is 9.53 Å². The Balaban J connectivity index is 0.00000264. The Bertz CT molecular complexity index is 632. The van der Waals surface area contributed by atoms with E-state index in [1.54, 1.807) is 24.3 Å². The maximum Gasteiger partial charge on any atom is 0.251 e. The Hall–Kier alpha value is -2.20. The van der Waals surface area contributed by atoms with Crippen LogP contribution in [0, 0.1) is 0 Å². The standard InChI is InChI=1S/C18H22N2O2.ClH/c1-2-3-10-22-17-9-4-6-14(11-17)13-20-18(21)15-7-5-8-16(19)12-15;/h4-9,11-12H,2-3,10,13,19H2,1H3,(H,20,21);1H. The van der Waals surface area contributed by atoms with Gasteiger partial charge < -0.3 is 15.8 Å². The molecule has 0 atom stereocenters. The van der Waals surface area contributed by atoms with E-state index in [-0.39, 0.29) is 18.3 Å². The van der Waals surface area contributed by atoms with E-state index in [1.165, 1.54) is 0 Å². The fourth-order valence-corrected chi connectivity index (χ4v) is 2.04. The van der Waals surface area contributed by atoms with Gasteiger partial charge >= 0.3 is 0 Å². The van der Waals surface area contributed by atoms with E-state index in [9.17, 15) is 4.79 Å². The van der Waals surface area contributed by atoms with Crippen LogP contribution in [0.4, 0.5) is 5.69 Å². The second-order valence-corrected chi connectivity index (χ2v) is 5.16. The molecule has 2 aromatic rings. The quantitative estimate of drug-likeness (QED) is 0.598. The molecule has 0 spiro atoms. The van der Waals surface area contributed by atoms with E-state index in [2.05, 4.69) is 12.2 Å². The first-order valence-electron chi connectivity index (χ1n) is 7.54. The van der Waals surface area contributed by atoms with E-state index in [4.69, 9.17) is 10.5 Å². The Kier molecular flexibility index (Phi) is 7.98. The zero-order valence-corrected chi connectivity index (χ0v) is 14.1. The average Bonchev–Trinajstić information content (AvgIpc) is 2.53. The van der Waals surface area contributed by atoms with Crippen molar-refractivity contribution in [2.45, 2.75) is 26.3 Å². The fraction of sp³-hybridized carbons (Fsp3) is 0.278. The molecule has 0 fully saturated rings. The molecule has 0 heterocycles. The number of nitrogen functional groups attached to an aromatic ring is 1. The van der Waals surface area contributed by atoms with Gasteiger partial charge in [0.2, 0.25) is 0 Å². The van der Waals surface area contributed by atoms with Crippen molar-refractivity contribution >= 4 is 24.0 Å². The number of benzene rings is 2. The van der Waals surface area contributed by atoms with Crippen LogP contribution in [-0.2, 0) is 6.54 Å². The SMILES string of the molecule is CCCCOc1cccc(CNC(=O)c2cccc(N)c2)c1.Cl. The van der Waals surface area contributed by atoms with Gasteiger partial charge in [-0.15, -0.1) is 12.4 Å². The van der Waals surface area contributed by atoms with Crippen molar-refractivity contribution in [2.75, 3.05) is 12.3 Å². The lowest BCUT2D eigenvalue weighted by Gasteiger charge is -2.09. The number of hydrogen-bond donors (Lipinski definition) is 2. The Morgan fingerprint density at radius 1 is 1.17 bits per heavy atom. The van der Waals surface area contributed by atoms with E-state index in [0.29, 0.717) is 17.8 Å². The zero-order valence-electron chi connectivity index (χ0n) is 13.2. The number of rotatable bonds is 7. The summed E-state index contributed by atoms with van der Waals surface area (Å²) in [6.07, 6.45) is 2.15. The molecule has 0 bridgehead atoms. The van der Waals surface area contributed by atoms with Crippen LogP contribution in [0.1, 0.15) is 35.7 Å². The van der Waals surface area contributed by atoms with Gasteiger partial charge in [-0.05, 0) is 42.3 Å². The summed E-state index contributed by atoms with van der Waals surface area (Å²) in [7, 11) is 0. The summed E-state index contributed by atoms with van der Waals surface area (Å²) < 4.78 is 5.67. The minimum absolute atomic E-state index is 0. The first-order valence-corrected chi connectivity index (χ1v) is 7.54. The van der Waals surface area contributed by atoms with Crippen molar-refractivity contribution in [3.63, 3.8) is 0 Å². The highest BCUT2D eigenvalue weighted by molar-refractivity contribution is 5.94. The van der Waals surface area contributed by atoms with Crippen molar-refractivity contribution in [1.29, 1.82) is 0 Å². The van der Waals surface area contributed by atoms with Crippen molar-refractivity contribution in [2.24, 2.45) is 0 Å². The molecule has 23 heavy (non-hydrogen) atoms. The lowest BCUT2D eigenvalue weighted by atomic mass is 10.1. The lowest BCUT2D eigenvalue weighted by Crippen LogP contribution is -2.22. The van der Waals surface area contributed by atoms with Gasteiger partial charge in [-0.2, -0.15) is 0 Å². The monoisotopic (exact) mass is 334 g/mol. The minimum atomic E-state index is -0.135. The maximum absolute atomic E-state index is 12.1. The summed E-state index contributed by atoms with van der Waals surface area (Å²) in [6, 6.07) is 14.7. The van der Waals surface area contributed by atoms with E-state index >= 15 is 0 Å². The highest BCUT2D eigenvalue weighted by Crippen LogP contribution is 2.14. The number of anilines is 1. The van der Waals surface area contributed by atoms with Crippen LogP contribution in [0.2, 0.25) is 0 Å². The molecule has 5 heteroatoms. The van der Waals surface area contributed by atoms with Crippen LogP contribution in [0.5, 0.6) is 5.75 Å². The summed E-state index contributed by atoms with van der Waals surface area (Å²) in [4.78, 5) is 12.1. The molecule has 1 amide bonds. The van der Waals surface area contributed by atoms with Gasteiger partial charge in [-0.1, -0.05) is 31.5 Å². The van der Waals surface area contributed by atoms with Crippen LogP contribution in [0.25, 0.3) is 0 Å². The highest BCUT2D eigenvalue weighted by Gasteiger charge is 2.05. The van der Waals surface area contributed by atoms with Gasteiger partial charge in [0, 0.05) is 17.8 Å². The zero-order chi connectivity index (χ0) is 15.8. The Morgan fingerprint density at radius 3 is 2.70 bits per heavy atom. The molecule has 0 saturated heterocycles. The smallest absolute Gasteiger partial charge is 0.251 e. The first-order chi connectivity index (χ1) is 10.7. The minimum Gasteiger partial charge on any atom is -0.494 e. The Labute approximate surface area is 143 Å². The number of amides is 1. The lowest BCUT2D eigenvalue weighted by molar-refractivity contribution is 0.0951. The molecule has 2 rings (SSSR count). The van der Waals surface area contributed by atoms with Gasteiger partial charge in [0.15, 0.2) is 0 Å². The number of ether oxygens (including phenoxy) is 1. The van der Waals surface area contributed by atoms with Crippen LogP contribution >= 0.6 is 12.4 Å². The van der Waals surface area contributed by atoms with Crippen LogP contribution in [-0.4, -0.2) is 12.5 Å². The van der Waals surface area contributed by atoms with E-state index in [0.717, 1.165) is 30.8 Å². The highest BCUT2D eigenvalue weighted by atomic mass is 35.5. The molecule has 3 N–H and O–H groups in total. The molecule has 124 valence electrons. The van der Waals surface area contributed by atoms with Gasteiger partial charge in [-0.25, -0.2) is 0 Å². The molecular weight excluding hydrogens is 312 g/mol. The summed E-state index contributed by atoms with van der Waals surface area (Å²) in [5, 5.41) is 2.89. The normalized spacial score (nSPS) is 9.78. The predicted molar refractivity (Wildman–Crippen MR) is 96.1 cm³/mol. The Morgan fingerprint density at radius 2 is 1.96 bits per heavy atom. The molecule has 0 aliphatic carbocycles. The molecule has 0 unspecified atom stereocenters. The van der Waals surface area contributed by atoms with Crippen molar-refractivity contribution in [3.8, 4) is 5.75 Å². The second-order valence-electron chi connectivity index (χ2n) is 5.16. The third kappa shape index (κ3) is 6.20. The molecule has 0 aromatic heterocycles. The topological polar surface area (TPSA) is 64.3 Å². The predicted octanol–water partition coefficient (Wildman–Crippen LogP) is 3.80. The molecular formula is C18H23ClN2O2. The summed E-state index contributed by atoms with van der Waals surface area (Å²) in [5.41, 5.74) is 7.84. The van der Waals surface area contributed by atoms with Crippen LogP contribution in [0.15, 0.2) is 48.5 Å². The average molecular weight is 335 g/mol. The number of unbranched alkanes of at least 4 members (excludes halogenated alkanes) is 1. The number of carbonyl (C=O) groups is 1. The number of halogens is 1. The number of carbonyl (C=O) groups excluding carboxylic acids is 1. The molecule has 0 aliphatic heterocycles. The number of nitrogens with one attached hydrogen (secondary N) is 1. The fourth-order valence-electron chi connectivity index (χ4n) is 2.04. The molecule has 4 nitrogen and oxygen atoms in total. The number of nitrogens with two attached hydrogens (primary N) is 1. The van der Waals surface area contributed by atoms with E-state index < -0.39 is 0 Å². The molecule has 2 aromatic carbocycles. The second kappa shape index (κ2) is 9.74. The summed E-state index contributed by atoms with van der Waals surface area (Å²) in [5.74, 6) is 0.703. The summed E-state index contributed by atoms with van der Waals surface area (Å²) >= 11 is 0. The van der Waals surface area contributed by atoms with Gasteiger partial charge in [-0.3, -0.25) is 4.79 Å². The summed E-state index contributed by atoms with van der Waals surface area (Å²) in [6.45, 7) is 3.31. The van der Waals surface area contributed by atoms with Crippen LogP contribution in [0.3, 0.4) is 0 Å². The molecule has 0 aliphatic rings. The largest absolute Gasteiger partial charge is 0.494 e. The van der Waals surface area contributed by atoms with Gasteiger partial charge in [0.25, 0.3) is 5.91 Å². The molecule has 0 radical (unpaired) electrons. The van der Waals surface area contributed by atoms with E-state index in [1.807, 2.05) is 24.3 Å². The third-order valence-corrected chi connectivity index (χ3v) is 3.27. The van der Waals surface area contributed by atoms with Crippen molar-refractivity contribution in [3.05, 3.63) is 59.7 Å². The van der Waals surface area contributed by atoms with Crippen molar-refractivity contribution in [1.82, 2.24) is 5.32 Å². The van der Waals surface area contributed by atoms with Crippen LogP contribution < -0.4 is 15.8 Å². The van der Waals surface area contributed by atoms with Gasteiger partial charge in [0.05, 0.1) is 6.61 Å². The molecule has 0 saturated carbocycles.